The van der Waals surface area contributed by atoms with Crippen LogP contribution in [0, 0.1) is 0 Å². The first-order valence-corrected chi connectivity index (χ1v) is 4.11. The van der Waals surface area contributed by atoms with E-state index in [4.69, 9.17) is 4.84 Å². The lowest BCUT2D eigenvalue weighted by atomic mass is 10.1. The first-order valence-electron chi connectivity index (χ1n) is 4.11. The molecule has 1 aliphatic heterocycles. The molecule has 0 bridgehead atoms. The molecule has 0 saturated carbocycles. The third kappa shape index (κ3) is 1.40. The van der Waals surface area contributed by atoms with Crippen LogP contribution in [0.5, 0.6) is 0 Å². The molecule has 0 saturated heterocycles. The van der Waals surface area contributed by atoms with Crippen molar-refractivity contribution in [3.8, 4) is 0 Å². The molecule has 1 aliphatic rings. The summed E-state index contributed by atoms with van der Waals surface area (Å²) in [4.78, 5) is 4.74. The minimum Gasteiger partial charge on any atom is -0.351 e. The van der Waals surface area contributed by atoms with E-state index in [0.717, 1.165) is 5.56 Å². The van der Waals surface area contributed by atoms with Crippen LogP contribution in [-0.2, 0) is 4.84 Å². The van der Waals surface area contributed by atoms with Crippen LogP contribution in [0.15, 0.2) is 35.6 Å². The van der Waals surface area contributed by atoms with Gasteiger partial charge < -0.3 is 9.94 Å². The van der Waals surface area contributed by atoms with E-state index in [1.54, 1.807) is 11.7 Å². The first-order chi connectivity index (χ1) is 6.29. The first kappa shape index (κ1) is 8.19. The summed E-state index contributed by atoms with van der Waals surface area (Å²) in [5.41, 5.74) is 0.999. The van der Waals surface area contributed by atoms with Crippen LogP contribution in [0.2, 0.25) is 0 Å². The van der Waals surface area contributed by atoms with Crippen LogP contribution in [0.3, 0.4) is 0 Å². The van der Waals surface area contributed by atoms with Gasteiger partial charge in [0.1, 0.15) is 0 Å². The molecule has 0 fully saturated rings. The number of nitrogens with zero attached hydrogens (tertiary/aromatic N) is 2. The molecular weight excluding hydrogens is 168 g/mol. The molecule has 2 unspecified atom stereocenters. The average molecular weight is 179 g/mol. The van der Waals surface area contributed by atoms with Crippen molar-refractivity contribution in [2.45, 2.75) is 12.3 Å². The molecule has 2 rings (SSSR count). The zero-order valence-corrected chi connectivity index (χ0v) is 7.29. The third-order valence-corrected chi connectivity index (χ3v) is 2.10. The molecular formula is C9H11N2O2+. The largest absolute Gasteiger partial charge is 0.351 e. The summed E-state index contributed by atoms with van der Waals surface area (Å²) in [6.07, 6.45) is -0.868. The van der Waals surface area contributed by atoms with E-state index >= 15 is 0 Å². The number of likely N-dealkylation sites (N-methyl/N-ethyl adjacent to an activating group) is 1. The second-order valence-corrected chi connectivity index (χ2v) is 3.01. The topological polar surface area (TPSA) is 44.8 Å². The molecule has 68 valence electrons. The summed E-state index contributed by atoms with van der Waals surface area (Å²) in [6, 6.07) is 9.47. The molecule has 4 heteroatoms. The Morgan fingerprint density at radius 2 is 2.08 bits per heavy atom. The van der Waals surface area contributed by atoms with Crippen molar-refractivity contribution in [1.82, 2.24) is 0 Å². The molecule has 1 N–H and O–H groups in total. The van der Waals surface area contributed by atoms with Crippen molar-refractivity contribution >= 4 is 0 Å². The molecule has 0 radical (unpaired) electrons. The Morgan fingerprint density at radius 1 is 1.38 bits per heavy atom. The molecule has 1 aromatic rings. The molecule has 2 atom stereocenters. The molecule has 1 heterocycles. The van der Waals surface area contributed by atoms with Gasteiger partial charge in [0.25, 0.3) is 12.3 Å². The second-order valence-electron chi connectivity index (χ2n) is 3.01. The average Bonchev–Trinajstić information content (AvgIpc) is 2.48. The number of aliphatic hydroxyl groups is 1. The maximum absolute atomic E-state index is 9.46. The summed E-state index contributed by atoms with van der Waals surface area (Å²) in [5.74, 6) is 0. The van der Waals surface area contributed by atoms with Crippen molar-refractivity contribution in [3.05, 3.63) is 35.9 Å². The number of hydrogen-bond donors (Lipinski definition) is 1. The monoisotopic (exact) mass is 179 g/mol. The molecule has 0 spiro atoms. The summed E-state index contributed by atoms with van der Waals surface area (Å²) in [5, 5.41) is 13.1. The minimum atomic E-state index is -0.868. The Balaban J connectivity index is 2.31. The highest BCUT2D eigenvalue weighted by Crippen LogP contribution is 2.25. The van der Waals surface area contributed by atoms with Gasteiger partial charge in [0, 0.05) is 5.56 Å². The third-order valence-electron chi connectivity index (χ3n) is 2.10. The molecule has 0 aliphatic carbocycles. The number of hydrogen-bond acceptors (Lipinski definition) is 3. The lowest BCUT2D eigenvalue weighted by molar-refractivity contribution is -0.603. The van der Waals surface area contributed by atoms with Gasteiger partial charge in [-0.1, -0.05) is 35.0 Å². The fraction of sp³-hybridized carbons (Fsp3) is 0.333. The van der Waals surface area contributed by atoms with E-state index in [1.807, 2.05) is 30.3 Å². The SMILES string of the molecule is C[N+]1=NOC(O)C1c1ccccc1. The van der Waals surface area contributed by atoms with Crippen molar-refractivity contribution in [2.75, 3.05) is 7.05 Å². The summed E-state index contributed by atoms with van der Waals surface area (Å²) in [6.45, 7) is 0. The maximum Gasteiger partial charge on any atom is 0.299 e. The second kappa shape index (κ2) is 3.14. The van der Waals surface area contributed by atoms with Gasteiger partial charge in [-0.05, 0) is 0 Å². The van der Waals surface area contributed by atoms with Gasteiger partial charge in [-0.3, -0.25) is 0 Å². The van der Waals surface area contributed by atoms with E-state index in [9.17, 15) is 5.11 Å². The smallest absolute Gasteiger partial charge is 0.299 e. The Hall–Kier alpha value is -1.42. The lowest BCUT2D eigenvalue weighted by Gasteiger charge is -2.05. The Morgan fingerprint density at radius 3 is 2.62 bits per heavy atom. The van der Waals surface area contributed by atoms with Crippen LogP contribution < -0.4 is 0 Å². The van der Waals surface area contributed by atoms with Crippen LogP contribution in [-0.4, -0.2) is 23.1 Å². The van der Waals surface area contributed by atoms with Gasteiger partial charge in [0.05, 0.1) is 0 Å². The zero-order chi connectivity index (χ0) is 9.26. The van der Waals surface area contributed by atoms with Crippen LogP contribution in [0.1, 0.15) is 11.6 Å². The number of benzene rings is 1. The Kier molecular flexibility index (Phi) is 1.98. The number of rotatable bonds is 1. The Labute approximate surface area is 76.0 Å². The number of aliphatic hydroxyl groups excluding tert-OH is 1. The standard InChI is InChI=1S/C9H11N2O2/c1-11-8(9(12)13-10-11)7-5-3-2-4-6-7/h2-6,8-9,12H,1H3/q+1. The van der Waals surface area contributed by atoms with Crippen molar-refractivity contribution in [1.29, 1.82) is 0 Å². The molecule has 13 heavy (non-hydrogen) atoms. The maximum atomic E-state index is 9.46. The minimum absolute atomic E-state index is 0.193. The molecule has 0 aromatic heterocycles. The fourth-order valence-electron chi connectivity index (χ4n) is 1.45. The fourth-order valence-corrected chi connectivity index (χ4v) is 1.45. The summed E-state index contributed by atoms with van der Waals surface area (Å²) >= 11 is 0. The van der Waals surface area contributed by atoms with E-state index < -0.39 is 6.29 Å². The van der Waals surface area contributed by atoms with E-state index in [2.05, 4.69) is 5.28 Å². The highest BCUT2D eigenvalue weighted by molar-refractivity contribution is 5.17. The van der Waals surface area contributed by atoms with Gasteiger partial charge in [0.2, 0.25) is 0 Å². The van der Waals surface area contributed by atoms with Crippen molar-refractivity contribution < 1.29 is 14.6 Å². The molecule has 0 amide bonds. The van der Waals surface area contributed by atoms with Gasteiger partial charge in [-0.2, -0.15) is 0 Å². The van der Waals surface area contributed by atoms with Crippen LogP contribution in [0.25, 0.3) is 0 Å². The van der Waals surface area contributed by atoms with E-state index in [0.29, 0.717) is 0 Å². The van der Waals surface area contributed by atoms with Crippen LogP contribution >= 0.6 is 0 Å². The molecule has 1 aromatic carbocycles. The van der Waals surface area contributed by atoms with Gasteiger partial charge in [0.15, 0.2) is 12.3 Å². The predicted molar refractivity (Wildman–Crippen MR) is 44.9 cm³/mol. The van der Waals surface area contributed by atoms with Crippen LogP contribution in [0.4, 0.5) is 0 Å². The predicted octanol–water partition coefficient (Wildman–Crippen LogP) is 1.09. The highest BCUT2D eigenvalue weighted by Gasteiger charge is 2.38. The summed E-state index contributed by atoms with van der Waals surface area (Å²) in [7, 11) is 1.77. The van der Waals surface area contributed by atoms with E-state index in [1.165, 1.54) is 0 Å². The summed E-state index contributed by atoms with van der Waals surface area (Å²) < 4.78 is 1.61. The van der Waals surface area contributed by atoms with E-state index in [-0.39, 0.29) is 6.04 Å². The zero-order valence-electron chi connectivity index (χ0n) is 7.29. The Bertz CT molecular complexity index is 324. The normalized spacial score (nSPS) is 26.8. The van der Waals surface area contributed by atoms with Crippen molar-refractivity contribution in [2.24, 2.45) is 5.28 Å². The quantitative estimate of drug-likeness (QED) is 0.656. The van der Waals surface area contributed by atoms with Crippen molar-refractivity contribution in [3.63, 3.8) is 0 Å². The lowest BCUT2D eigenvalue weighted by Crippen LogP contribution is -2.20. The molecule has 4 nitrogen and oxygen atoms in total. The highest BCUT2D eigenvalue weighted by atomic mass is 16.7. The van der Waals surface area contributed by atoms with Gasteiger partial charge in [-0.25, -0.2) is 0 Å². The van der Waals surface area contributed by atoms with Gasteiger partial charge in [-0.15, -0.1) is 0 Å². The van der Waals surface area contributed by atoms with Gasteiger partial charge >= 0.3 is 0 Å².